The number of aliphatic carboxylic acids is 1. The zero-order valence-corrected chi connectivity index (χ0v) is 20.7. The summed E-state index contributed by atoms with van der Waals surface area (Å²) in [6.07, 6.45) is 2.85. The van der Waals surface area contributed by atoms with Gasteiger partial charge in [0.2, 0.25) is 10.0 Å². The highest BCUT2D eigenvalue weighted by Gasteiger charge is 2.26. The molecule has 1 atom stereocenters. The monoisotopic (exact) mass is 509 g/mol. The molecule has 0 spiro atoms. The molecule has 2 aromatic rings. The number of hydrogen-bond donors (Lipinski definition) is 3. The molecule has 1 fully saturated rings. The number of benzene rings is 2. The van der Waals surface area contributed by atoms with Gasteiger partial charge < -0.3 is 25.7 Å². The normalized spacial score (nSPS) is 15.7. The second-order valence-corrected chi connectivity index (χ2v) is 10.1. The first-order chi connectivity index (χ1) is 15.6. The highest BCUT2D eigenvalue weighted by Crippen LogP contribution is 2.28. The van der Waals surface area contributed by atoms with Crippen LogP contribution in [-0.2, 0) is 21.2 Å². The summed E-state index contributed by atoms with van der Waals surface area (Å²) in [5.74, 6) is -0.814. The quantitative estimate of drug-likeness (QED) is 0.343. The summed E-state index contributed by atoms with van der Waals surface area (Å²) in [5.41, 5.74) is 7.96. The van der Waals surface area contributed by atoms with Gasteiger partial charge in [-0.05, 0) is 66.8 Å². The Kier molecular flexibility index (Phi) is 9.31. The van der Waals surface area contributed by atoms with Gasteiger partial charge in [-0.2, -0.15) is 0 Å². The van der Waals surface area contributed by atoms with E-state index >= 15 is 0 Å². The lowest BCUT2D eigenvalue weighted by Gasteiger charge is -2.31. The third-order valence-corrected chi connectivity index (χ3v) is 6.95. The third-order valence-electron chi connectivity index (χ3n) is 5.65. The largest absolute Gasteiger partial charge is 0.548 e. The van der Waals surface area contributed by atoms with Crippen molar-refractivity contribution in [2.24, 2.45) is 5.73 Å². The Morgan fingerprint density at radius 3 is 2.35 bits per heavy atom. The maximum atomic E-state index is 12.0. The van der Waals surface area contributed by atoms with Crippen molar-refractivity contribution in [2.75, 3.05) is 24.7 Å². The standard InChI is InChI=1S/C23H30N4O5S.ClH/c1-3-15-12-17(21(23(28)29)26-18-6-4-16(5-7-18)22(24)25)14-20(13-15)32-19-8-10-27(11-9-19)33(2,30)31;/h4-7,12-14,19,21,26H,3,8-11H2,1-2H3,(H3,24,25)(H,28,29);1H/p-1. The van der Waals surface area contributed by atoms with E-state index in [2.05, 4.69) is 5.32 Å². The Labute approximate surface area is 206 Å². The summed E-state index contributed by atoms with van der Waals surface area (Å²) in [4.78, 5) is 12.0. The number of anilines is 1. The van der Waals surface area contributed by atoms with Gasteiger partial charge >= 0.3 is 0 Å². The van der Waals surface area contributed by atoms with Crippen molar-refractivity contribution in [1.82, 2.24) is 4.31 Å². The van der Waals surface area contributed by atoms with E-state index < -0.39 is 22.0 Å². The SMILES string of the molecule is CCc1cc(OC2CCN(S(C)(=O)=O)CC2)cc(C(Nc2ccc(C(=N)N)cc2)C(=O)[O-])c1.Cl. The maximum Gasteiger partial charge on any atom is 0.211 e. The van der Waals surface area contributed by atoms with E-state index in [1.807, 2.05) is 13.0 Å². The first-order valence-electron chi connectivity index (χ1n) is 10.7. The molecule has 9 nitrogen and oxygen atoms in total. The lowest BCUT2D eigenvalue weighted by Crippen LogP contribution is -2.41. The van der Waals surface area contributed by atoms with Crippen LogP contribution in [0.3, 0.4) is 0 Å². The molecule has 0 aliphatic carbocycles. The Balaban J connectivity index is 0.00000408. The fraction of sp³-hybridized carbons (Fsp3) is 0.391. The Morgan fingerprint density at radius 1 is 1.24 bits per heavy atom. The molecule has 3 rings (SSSR count). The number of carboxylic acids is 1. The van der Waals surface area contributed by atoms with Crippen molar-refractivity contribution in [3.05, 3.63) is 59.2 Å². The van der Waals surface area contributed by atoms with Gasteiger partial charge in [0.1, 0.15) is 17.7 Å². The molecule has 1 unspecified atom stereocenters. The average molecular weight is 510 g/mol. The van der Waals surface area contributed by atoms with Crippen LogP contribution in [0.25, 0.3) is 0 Å². The predicted molar refractivity (Wildman–Crippen MR) is 132 cm³/mol. The van der Waals surface area contributed by atoms with Gasteiger partial charge in [-0.3, -0.25) is 5.41 Å². The second-order valence-electron chi connectivity index (χ2n) is 8.13. The van der Waals surface area contributed by atoms with E-state index in [1.54, 1.807) is 36.4 Å². The number of ether oxygens (including phenoxy) is 1. The van der Waals surface area contributed by atoms with E-state index in [-0.39, 0.29) is 24.3 Å². The predicted octanol–water partition coefficient (Wildman–Crippen LogP) is 1.66. The number of carboxylic acid groups (broad SMARTS) is 1. The van der Waals surface area contributed by atoms with E-state index in [9.17, 15) is 18.3 Å². The van der Waals surface area contributed by atoms with Crippen LogP contribution >= 0.6 is 12.4 Å². The Hall–Kier alpha value is -2.82. The molecule has 2 aromatic carbocycles. The van der Waals surface area contributed by atoms with Gasteiger partial charge in [0.05, 0.1) is 18.3 Å². The van der Waals surface area contributed by atoms with Crippen LogP contribution in [0.5, 0.6) is 5.75 Å². The van der Waals surface area contributed by atoms with Gasteiger partial charge in [-0.1, -0.05) is 13.0 Å². The van der Waals surface area contributed by atoms with Gasteiger partial charge in [0.25, 0.3) is 0 Å². The molecule has 1 aliphatic heterocycles. The number of nitrogen functional groups attached to an aromatic ring is 1. The topological polar surface area (TPSA) is 149 Å². The minimum absolute atomic E-state index is 0. The number of nitrogens with two attached hydrogens (primary N) is 1. The van der Waals surface area contributed by atoms with Crippen LogP contribution < -0.4 is 20.9 Å². The van der Waals surface area contributed by atoms with Crippen LogP contribution in [0.1, 0.15) is 42.5 Å². The van der Waals surface area contributed by atoms with Gasteiger partial charge in [0.15, 0.2) is 0 Å². The number of hydrogen-bond acceptors (Lipinski definition) is 7. The zero-order chi connectivity index (χ0) is 24.2. The van der Waals surface area contributed by atoms with Gasteiger partial charge in [0, 0.05) is 24.3 Å². The molecule has 0 saturated carbocycles. The second kappa shape index (κ2) is 11.5. The fourth-order valence-electron chi connectivity index (χ4n) is 3.79. The molecule has 34 heavy (non-hydrogen) atoms. The van der Waals surface area contributed by atoms with E-state index in [0.717, 1.165) is 5.56 Å². The van der Waals surface area contributed by atoms with Crippen LogP contribution in [0, 0.1) is 5.41 Å². The first-order valence-corrected chi connectivity index (χ1v) is 12.6. The van der Waals surface area contributed by atoms with Crippen molar-refractivity contribution in [3.8, 4) is 5.75 Å². The number of rotatable bonds is 9. The molecule has 186 valence electrons. The minimum atomic E-state index is -3.22. The van der Waals surface area contributed by atoms with E-state index in [0.29, 0.717) is 54.9 Å². The highest BCUT2D eigenvalue weighted by molar-refractivity contribution is 7.88. The highest BCUT2D eigenvalue weighted by atomic mass is 35.5. The van der Waals surface area contributed by atoms with Crippen molar-refractivity contribution in [3.63, 3.8) is 0 Å². The van der Waals surface area contributed by atoms with Gasteiger partial charge in [-0.15, -0.1) is 12.4 Å². The number of piperidine rings is 1. The molecular weight excluding hydrogens is 480 g/mol. The van der Waals surface area contributed by atoms with Crippen molar-refractivity contribution < 1.29 is 23.1 Å². The number of nitrogens with one attached hydrogen (secondary N) is 2. The van der Waals surface area contributed by atoms with Crippen LogP contribution in [0.4, 0.5) is 5.69 Å². The molecule has 11 heteroatoms. The van der Waals surface area contributed by atoms with E-state index in [4.69, 9.17) is 15.9 Å². The lowest BCUT2D eigenvalue weighted by atomic mass is 10.0. The van der Waals surface area contributed by atoms with Crippen LogP contribution in [0.2, 0.25) is 0 Å². The number of aryl methyl sites for hydroxylation is 1. The fourth-order valence-corrected chi connectivity index (χ4v) is 4.66. The zero-order valence-electron chi connectivity index (χ0n) is 19.1. The lowest BCUT2D eigenvalue weighted by molar-refractivity contribution is -0.307. The molecule has 1 saturated heterocycles. The van der Waals surface area contributed by atoms with Gasteiger partial charge in [-0.25, -0.2) is 12.7 Å². The summed E-state index contributed by atoms with van der Waals surface area (Å²) in [7, 11) is -3.22. The average Bonchev–Trinajstić information content (AvgIpc) is 2.77. The van der Waals surface area contributed by atoms with Crippen molar-refractivity contribution in [1.29, 1.82) is 5.41 Å². The summed E-state index contributed by atoms with van der Waals surface area (Å²) < 4.78 is 31.0. The van der Waals surface area contributed by atoms with Crippen LogP contribution in [-0.4, -0.2) is 50.0 Å². The summed E-state index contributed by atoms with van der Waals surface area (Å²) in [5, 5.41) is 22.4. The molecule has 0 amide bonds. The molecule has 0 radical (unpaired) electrons. The molecular formula is C23H30ClN4O5S-. The summed E-state index contributed by atoms with van der Waals surface area (Å²) in [6, 6.07) is 10.8. The third kappa shape index (κ3) is 7.09. The molecule has 1 aliphatic rings. The minimum Gasteiger partial charge on any atom is -0.548 e. The number of amidine groups is 1. The first kappa shape index (κ1) is 27.4. The van der Waals surface area contributed by atoms with E-state index in [1.165, 1.54) is 10.6 Å². The Morgan fingerprint density at radius 2 is 1.85 bits per heavy atom. The number of carbonyl (C=O) groups is 1. The number of nitrogens with zero attached hydrogens (tertiary/aromatic N) is 1. The van der Waals surface area contributed by atoms with Crippen molar-refractivity contribution >= 4 is 39.9 Å². The van der Waals surface area contributed by atoms with Crippen molar-refractivity contribution in [2.45, 2.75) is 38.3 Å². The van der Waals surface area contributed by atoms with Crippen LogP contribution in [0.15, 0.2) is 42.5 Å². The summed E-state index contributed by atoms with van der Waals surface area (Å²) in [6.45, 7) is 2.75. The summed E-state index contributed by atoms with van der Waals surface area (Å²) >= 11 is 0. The smallest absolute Gasteiger partial charge is 0.211 e. The number of sulfonamides is 1. The number of halogens is 1. The Bertz CT molecular complexity index is 1120. The maximum absolute atomic E-state index is 12.0. The number of carbonyl (C=O) groups excluding carboxylic acids is 1. The molecule has 0 aromatic heterocycles. The molecule has 1 heterocycles. The molecule has 4 N–H and O–H groups in total. The molecule has 0 bridgehead atoms.